The molecule has 1 aromatic carbocycles. The predicted octanol–water partition coefficient (Wildman–Crippen LogP) is 1.33. The molecule has 1 N–H and O–H groups in total. The van der Waals surface area contributed by atoms with Crippen LogP contribution >= 0.6 is 0 Å². The minimum Gasteiger partial charge on any atom is -0.338 e. The molecular formula is C19H27N7O. The van der Waals surface area contributed by atoms with Crippen molar-refractivity contribution in [2.75, 3.05) is 39.8 Å². The van der Waals surface area contributed by atoms with E-state index in [4.69, 9.17) is 0 Å². The van der Waals surface area contributed by atoms with Gasteiger partial charge in [0.2, 0.25) is 0 Å². The topological polar surface area (TPSA) is 79.2 Å². The molecule has 8 nitrogen and oxygen atoms in total. The highest BCUT2D eigenvalue weighted by Gasteiger charge is 2.41. The Morgan fingerprint density at radius 3 is 2.85 bits per heavy atom. The van der Waals surface area contributed by atoms with E-state index >= 15 is 0 Å². The van der Waals surface area contributed by atoms with E-state index < -0.39 is 0 Å². The lowest BCUT2D eigenvalue weighted by Crippen LogP contribution is -2.45. The quantitative estimate of drug-likeness (QED) is 0.880. The number of hydrogen-bond acceptors (Lipinski definition) is 5. The van der Waals surface area contributed by atoms with E-state index in [0.717, 1.165) is 37.6 Å². The Labute approximate surface area is 159 Å². The number of amides is 2. The standard InChI is InChI=1S/C19H27N7O/c1-24-12-5-9-19(14-24)10-13-25(15-19)18(27)20-11-8-17-21-22-23-26(17)16-6-3-2-4-7-16/h2-4,6-7H,5,8-15H2,1H3,(H,20,27). The minimum atomic E-state index is 0.0267. The zero-order valence-corrected chi connectivity index (χ0v) is 15.8. The van der Waals surface area contributed by atoms with Crippen molar-refractivity contribution in [3.05, 3.63) is 36.2 Å². The largest absolute Gasteiger partial charge is 0.338 e. The Hall–Kier alpha value is -2.48. The summed E-state index contributed by atoms with van der Waals surface area (Å²) in [6.07, 6.45) is 4.16. The molecule has 1 spiro atoms. The summed E-state index contributed by atoms with van der Waals surface area (Å²) >= 11 is 0. The van der Waals surface area contributed by atoms with E-state index in [0.29, 0.717) is 18.4 Å². The minimum absolute atomic E-state index is 0.0267. The van der Waals surface area contributed by atoms with Crippen LogP contribution in [0.15, 0.2) is 30.3 Å². The van der Waals surface area contributed by atoms with Crippen LogP contribution in [0, 0.1) is 5.41 Å². The van der Waals surface area contributed by atoms with E-state index in [2.05, 4.69) is 32.8 Å². The van der Waals surface area contributed by atoms with Gasteiger partial charge in [-0.3, -0.25) is 0 Å². The third kappa shape index (κ3) is 3.95. The van der Waals surface area contributed by atoms with Gasteiger partial charge in [-0.1, -0.05) is 18.2 Å². The Morgan fingerprint density at radius 1 is 1.19 bits per heavy atom. The summed E-state index contributed by atoms with van der Waals surface area (Å²) in [6, 6.07) is 9.81. The fourth-order valence-corrected chi connectivity index (χ4v) is 4.42. The van der Waals surface area contributed by atoms with E-state index in [1.165, 1.54) is 19.4 Å². The number of hydrogen-bond donors (Lipinski definition) is 1. The van der Waals surface area contributed by atoms with Gasteiger partial charge in [0, 0.05) is 38.0 Å². The fourth-order valence-electron chi connectivity index (χ4n) is 4.42. The SMILES string of the molecule is CN1CCCC2(CCN(C(=O)NCCc3nnnn3-c3ccccc3)C2)C1. The second kappa shape index (κ2) is 7.64. The van der Waals surface area contributed by atoms with Gasteiger partial charge < -0.3 is 15.1 Å². The van der Waals surface area contributed by atoms with Crippen LogP contribution < -0.4 is 5.32 Å². The Bertz CT molecular complexity index is 777. The first-order valence-corrected chi connectivity index (χ1v) is 9.69. The number of carbonyl (C=O) groups is 1. The molecule has 4 rings (SSSR count). The molecular weight excluding hydrogens is 342 g/mol. The number of benzene rings is 1. The molecule has 8 heteroatoms. The van der Waals surface area contributed by atoms with Crippen molar-refractivity contribution in [3.8, 4) is 5.69 Å². The first-order valence-electron chi connectivity index (χ1n) is 9.69. The second-order valence-corrected chi connectivity index (χ2v) is 7.84. The van der Waals surface area contributed by atoms with Gasteiger partial charge in [-0.15, -0.1) is 5.10 Å². The molecule has 0 saturated carbocycles. The normalized spacial score (nSPS) is 23.1. The smallest absolute Gasteiger partial charge is 0.317 e. The fraction of sp³-hybridized carbons (Fsp3) is 0.579. The van der Waals surface area contributed by atoms with Crippen LogP contribution in [0.5, 0.6) is 0 Å². The lowest BCUT2D eigenvalue weighted by molar-refractivity contribution is 0.115. The number of rotatable bonds is 4. The maximum atomic E-state index is 12.6. The van der Waals surface area contributed by atoms with Gasteiger partial charge in [-0.05, 0) is 55.4 Å². The number of likely N-dealkylation sites (tertiary alicyclic amines) is 2. The van der Waals surface area contributed by atoms with E-state index in [1.807, 2.05) is 35.2 Å². The molecule has 2 fully saturated rings. The zero-order chi connectivity index (χ0) is 18.7. The second-order valence-electron chi connectivity index (χ2n) is 7.84. The molecule has 0 radical (unpaired) electrons. The number of piperidine rings is 1. The summed E-state index contributed by atoms with van der Waals surface area (Å²) in [4.78, 5) is 16.9. The Kier molecular flexibility index (Phi) is 5.07. The number of nitrogens with one attached hydrogen (secondary N) is 1. The van der Waals surface area contributed by atoms with E-state index in [1.54, 1.807) is 4.68 Å². The molecule has 1 unspecified atom stereocenters. The number of carbonyl (C=O) groups excluding carboxylic acids is 1. The third-order valence-corrected chi connectivity index (χ3v) is 5.74. The first-order chi connectivity index (χ1) is 13.2. The highest BCUT2D eigenvalue weighted by Crippen LogP contribution is 2.38. The highest BCUT2D eigenvalue weighted by molar-refractivity contribution is 5.74. The van der Waals surface area contributed by atoms with Crippen molar-refractivity contribution < 1.29 is 4.79 Å². The lowest BCUT2D eigenvalue weighted by atomic mass is 9.79. The van der Waals surface area contributed by atoms with Crippen LogP contribution in [-0.4, -0.2) is 75.8 Å². The van der Waals surface area contributed by atoms with Crippen molar-refractivity contribution in [1.82, 2.24) is 35.3 Å². The Balaban J connectivity index is 1.29. The summed E-state index contributed by atoms with van der Waals surface area (Å²) in [5.74, 6) is 0.744. The van der Waals surface area contributed by atoms with Gasteiger partial charge in [-0.2, -0.15) is 4.68 Å². The van der Waals surface area contributed by atoms with Gasteiger partial charge in [0.05, 0.1) is 5.69 Å². The molecule has 2 aliphatic rings. The van der Waals surface area contributed by atoms with Crippen LogP contribution in [0.3, 0.4) is 0 Å². The number of tetrazole rings is 1. The number of urea groups is 1. The summed E-state index contributed by atoms with van der Waals surface area (Å²) in [6.45, 7) is 4.51. The van der Waals surface area contributed by atoms with Gasteiger partial charge in [0.1, 0.15) is 0 Å². The Morgan fingerprint density at radius 2 is 2.04 bits per heavy atom. The van der Waals surface area contributed by atoms with Crippen molar-refractivity contribution in [1.29, 1.82) is 0 Å². The molecule has 2 aliphatic heterocycles. The molecule has 2 saturated heterocycles. The summed E-state index contributed by atoms with van der Waals surface area (Å²) < 4.78 is 1.72. The molecule has 0 aliphatic carbocycles. The monoisotopic (exact) mass is 369 g/mol. The summed E-state index contributed by atoms with van der Waals surface area (Å²) in [7, 11) is 2.18. The molecule has 0 bridgehead atoms. The van der Waals surface area contributed by atoms with Gasteiger partial charge in [0.25, 0.3) is 0 Å². The molecule has 1 aromatic heterocycles. The average molecular weight is 369 g/mol. The first kappa shape index (κ1) is 17.9. The van der Waals surface area contributed by atoms with Gasteiger partial charge in [0.15, 0.2) is 5.82 Å². The summed E-state index contributed by atoms with van der Waals surface area (Å²) in [5, 5.41) is 15.0. The van der Waals surface area contributed by atoms with Gasteiger partial charge >= 0.3 is 6.03 Å². The van der Waals surface area contributed by atoms with Crippen LogP contribution in [0.2, 0.25) is 0 Å². The van der Waals surface area contributed by atoms with Crippen molar-refractivity contribution in [3.63, 3.8) is 0 Å². The molecule has 2 aromatic rings. The molecule has 3 heterocycles. The number of aromatic nitrogens is 4. The van der Waals surface area contributed by atoms with Crippen LogP contribution in [0.4, 0.5) is 4.79 Å². The average Bonchev–Trinajstić information content (AvgIpc) is 3.30. The maximum absolute atomic E-state index is 12.6. The van der Waals surface area contributed by atoms with Crippen molar-refractivity contribution in [2.45, 2.75) is 25.7 Å². The molecule has 1 atom stereocenters. The molecule has 27 heavy (non-hydrogen) atoms. The van der Waals surface area contributed by atoms with Crippen molar-refractivity contribution >= 4 is 6.03 Å². The van der Waals surface area contributed by atoms with Crippen molar-refractivity contribution in [2.24, 2.45) is 5.41 Å². The lowest BCUT2D eigenvalue weighted by Gasteiger charge is -2.38. The maximum Gasteiger partial charge on any atom is 0.317 e. The predicted molar refractivity (Wildman–Crippen MR) is 102 cm³/mol. The van der Waals surface area contributed by atoms with Crippen LogP contribution in [-0.2, 0) is 6.42 Å². The van der Waals surface area contributed by atoms with Gasteiger partial charge in [-0.25, -0.2) is 4.79 Å². The van der Waals surface area contributed by atoms with Crippen LogP contribution in [0.1, 0.15) is 25.1 Å². The third-order valence-electron chi connectivity index (χ3n) is 5.74. The summed E-state index contributed by atoms with van der Waals surface area (Å²) in [5.41, 5.74) is 1.22. The number of para-hydroxylation sites is 1. The number of nitrogens with zero attached hydrogens (tertiary/aromatic N) is 6. The molecule has 144 valence electrons. The van der Waals surface area contributed by atoms with E-state index in [-0.39, 0.29) is 6.03 Å². The highest BCUT2D eigenvalue weighted by atomic mass is 16.2. The van der Waals surface area contributed by atoms with Crippen LogP contribution in [0.25, 0.3) is 5.69 Å². The molecule has 2 amide bonds. The zero-order valence-electron chi connectivity index (χ0n) is 15.8. The van der Waals surface area contributed by atoms with E-state index in [9.17, 15) is 4.79 Å².